The fourth-order valence-corrected chi connectivity index (χ4v) is 7.00. The van der Waals surface area contributed by atoms with E-state index in [1.54, 1.807) is 42.5 Å². The van der Waals surface area contributed by atoms with Crippen LogP contribution in [-0.2, 0) is 43.5 Å². The molecule has 0 aliphatic heterocycles. The van der Waals surface area contributed by atoms with E-state index in [9.17, 15) is 44.6 Å². The van der Waals surface area contributed by atoms with Gasteiger partial charge in [0.1, 0.15) is 45.6 Å². The van der Waals surface area contributed by atoms with E-state index >= 15 is 0 Å². The van der Waals surface area contributed by atoms with Gasteiger partial charge in [0.15, 0.2) is 17.6 Å². The number of aliphatic hydroxyl groups is 2. The minimum atomic E-state index is -4.71. The maximum Gasteiger partial charge on any atom is 1.00 e. The molecule has 27 heteroatoms. The van der Waals surface area contributed by atoms with Gasteiger partial charge in [-0.25, -0.2) is 12.6 Å². The van der Waals surface area contributed by atoms with E-state index in [1.165, 1.54) is 42.7 Å². The number of aliphatic hydroxyl groups excluding tert-OH is 2. The van der Waals surface area contributed by atoms with Crippen LogP contribution in [0.3, 0.4) is 0 Å². The summed E-state index contributed by atoms with van der Waals surface area (Å²) in [7, 11) is 0. The zero-order valence-electron chi connectivity index (χ0n) is 33.7. The normalized spacial score (nSPS) is 13.2. The molecule has 2 N–H and O–H groups in total. The number of aromatic nitrogens is 2. The molecule has 0 aliphatic carbocycles. The van der Waals surface area contributed by atoms with Gasteiger partial charge in [0, 0.05) is 115 Å². The van der Waals surface area contributed by atoms with Gasteiger partial charge in [0.25, 0.3) is 0 Å². The first-order valence-corrected chi connectivity index (χ1v) is 20.3. The molecule has 2 aromatic heterocycles. The smallest absolute Gasteiger partial charge is 0.740 e. The predicted molar refractivity (Wildman–Crippen MR) is 214 cm³/mol. The van der Waals surface area contributed by atoms with E-state index in [4.69, 9.17) is 18.4 Å². The Balaban J connectivity index is 0.000000536. The van der Waals surface area contributed by atoms with Gasteiger partial charge < -0.3 is 41.3 Å². The number of thiol groups is 1. The molecule has 7 aromatic rings. The molecule has 0 saturated carbocycles. The van der Waals surface area contributed by atoms with E-state index in [-0.39, 0.29) is 161 Å². The van der Waals surface area contributed by atoms with Crippen LogP contribution < -0.4 is 106 Å². The Bertz CT molecular complexity index is 2790. The van der Waals surface area contributed by atoms with Crippen molar-refractivity contribution in [1.29, 1.82) is 0 Å². The minimum absolute atomic E-state index is 0. The van der Waals surface area contributed by atoms with Crippen molar-refractivity contribution in [3.63, 3.8) is 0 Å². The third kappa shape index (κ3) is 16.4. The van der Waals surface area contributed by atoms with Crippen LogP contribution in [0.5, 0.6) is 23.0 Å². The summed E-state index contributed by atoms with van der Waals surface area (Å²) in [6.45, 7) is 0. The van der Waals surface area contributed by atoms with Gasteiger partial charge in [-0.2, -0.15) is 13.2 Å². The van der Waals surface area contributed by atoms with Crippen LogP contribution in [0.15, 0.2) is 116 Å². The summed E-state index contributed by atoms with van der Waals surface area (Å²) in [4.78, 5) is 14.1. The molecular weight excluding hydrogens is 1110 g/mol. The molecule has 327 valence electrons. The fraction of sp³-hybridized carbons (Fsp3) is 0.105. The molecule has 0 spiro atoms. The zero-order valence-corrected chi connectivity index (χ0v) is 45.5. The van der Waals surface area contributed by atoms with Gasteiger partial charge in [0.2, 0.25) is 0 Å². The molecular formula is C38H26EuF3N2Na3O14S4. The van der Waals surface area contributed by atoms with Gasteiger partial charge in [0.05, 0.1) is 17.1 Å². The maximum absolute atomic E-state index is 12.2. The van der Waals surface area contributed by atoms with Gasteiger partial charge in [-0.1, -0.05) is 48.5 Å². The van der Waals surface area contributed by atoms with Crippen molar-refractivity contribution in [2.75, 3.05) is 0 Å². The second-order valence-corrected chi connectivity index (χ2v) is 14.3. The first kappa shape index (κ1) is 60.4. The quantitative estimate of drug-likeness (QED) is 0.0202. The van der Waals surface area contributed by atoms with Gasteiger partial charge in [-0.3, -0.25) is 9.97 Å². The van der Waals surface area contributed by atoms with E-state index in [0.29, 0.717) is 49.6 Å². The number of fused-ring (bicyclic) bond motifs is 4. The third-order valence-corrected chi connectivity index (χ3v) is 9.76. The van der Waals surface area contributed by atoms with Crippen molar-refractivity contribution in [2.45, 2.75) is 24.8 Å². The minimum Gasteiger partial charge on any atom is -0.740 e. The Hall–Kier alpha value is -0.726. The molecule has 65 heavy (non-hydrogen) atoms. The fourth-order valence-electron chi connectivity index (χ4n) is 6.17. The van der Waals surface area contributed by atoms with Crippen molar-refractivity contribution < 1.29 is 215 Å². The second-order valence-electron chi connectivity index (χ2n) is 12.4. The second kappa shape index (κ2) is 28.2. The van der Waals surface area contributed by atoms with Crippen LogP contribution in [0.4, 0.5) is 13.2 Å². The van der Waals surface area contributed by atoms with E-state index in [2.05, 4.69) is 36.4 Å². The molecule has 5 atom stereocenters. The van der Waals surface area contributed by atoms with Crippen molar-refractivity contribution in [3.05, 3.63) is 121 Å². The number of nitrogens with zero attached hydrogens (tertiary/aromatic N) is 2. The predicted octanol–water partition coefficient (Wildman–Crippen LogP) is -2.08. The van der Waals surface area contributed by atoms with Crippen LogP contribution in [-0.4, -0.2) is 58.7 Å². The Labute approximate surface area is 488 Å². The zero-order chi connectivity index (χ0) is 43.8. The average molecular weight is 1140 g/mol. The van der Waals surface area contributed by atoms with Crippen LogP contribution in [0, 0.1) is 49.4 Å². The largest absolute Gasteiger partial charge is 1.00 e. The monoisotopic (exact) mass is 1140 g/mol. The molecule has 0 amide bonds. The molecule has 0 saturated heterocycles. The molecule has 16 nitrogen and oxygen atoms in total. The first-order chi connectivity index (χ1) is 29.1. The number of halogens is 3. The van der Waals surface area contributed by atoms with E-state index < -0.39 is 58.9 Å². The number of pyridine rings is 2. The standard InChI is InChI=1S/C24H16N2O12S4.C14H13F3O2.Eu.3Na/c27-40(28)34-13-1-3-17(21(11-13)33-37-38-39)15-7-9-25-23-19(15)5-6-20-16(8-10-26-24(20)23)18-4-2-14(35-41(29)30)12-22(18)36-42(31)32;15-14(16,17)13(19)8-12(18)11-6-5-9-3-1-2-4-10(9)7-11;;;;/h1-12,39H,(H,27,28)(H,29,30)(H,31,32);1-7,12-13,18-19H,8H2;;;;/q;;;3*+1/p-3. The summed E-state index contributed by atoms with van der Waals surface area (Å²) in [5.41, 5.74) is 3.06. The number of hydrogen-bond acceptors (Lipinski definition) is 17. The van der Waals surface area contributed by atoms with Crippen molar-refractivity contribution in [3.8, 4) is 45.3 Å². The summed E-state index contributed by atoms with van der Waals surface area (Å²) in [5.74, 6) is -0.383. The molecule has 0 bridgehead atoms. The van der Waals surface area contributed by atoms with Crippen LogP contribution in [0.25, 0.3) is 54.8 Å². The Morgan fingerprint density at radius 2 is 1.12 bits per heavy atom. The molecule has 5 aromatic carbocycles. The summed E-state index contributed by atoms with van der Waals surface area (Å²) in [6.07, 6.45) is -6.33. The van der Waals surface area contributed by atoms with E-state index in [1.807, 2.05) is 24.3 Å². The summed E-state index contributed by atoms with van der Waals surface area (Å²) >= 11 is -5.24. The van der Waals surface area contributed by atoms with Crippen LogP contribution in [0.1, 0.15) is 18.1 Å². The first-order valence-electron chi connectivity index (χ1n) is 17.0. The number of alkyl halides is 3. The maximum atomic E-state index is 12.2. The third-order valence-electron chi connectivity index (χ3n) is 8.73. The SMILES string of the molecule is O=S([O-])Oc1ccc(-c2ccnc3c2ccc2c(-c4ccc(OS(=O)[O-])cc4OS(=O)[O-])ccnc23)c(OOOS)c1.OC(CC(O)C(F)(F)F)c1ccc2ccccc2c1.[Eu].[Na+].[Na+].[Na+]. The van der Waals surface area contributed by atoms with Gasteiger partial charge in [-0.15, -0.1) is 4.33 Å². The number of benzene rings is 5. The van der Waals surface area contributed by atoms with Gasteiger partial charge >= 0.3 is 94.8 Å². The Morgan fingerprint density at radius 3 is 1.62 bits per heavy atom. The molecule has 0 aliphatic rings. The molecule has 2 heterocycles. The molecule has 7 rings (SSSR count). The molecule has 1 radical (unpaired) electrons. The molecule has 0 fully saturated rings. The Kier molecular flexibility index (Phi) is 26.2. The Morgan fingerprint density at radius 1 is 0.631 bits per heavy atom. The van der Waals surface area contributed by atoms with Crippen molar-refractivity contribution >= 4 is 79.6 Å². The number of rotatable bonds is 14. The van der Waals surface area contributed by atoms with Crippen LogP contribution in [0.2, 0.25) is 0 Å². The average Bonchev–Trinajstić information content (AvgIpc) is 3.21. The summed E-state index contributed by atoms with van der Waals surface area (Å²) < 4.78 is 122. The van der Waals surface area contributed by atoms with Gasteiger partial charge in [-0.05, 0) is 75.0 Å². The van der Waals surface area contributed by atoms with E-state index in [0.717, 1.165) is 16.8 Å². The topological polar surface area (TPSA) is 242 Å². The number of hydrogen-bond donors (Lipinski definition) is 3. The van der Waals surface area contributed by atoms with Crippen LogP contribution >= 0.6 is 12.9 Å². The summed E-state index contributed by atoms with van der Waals surface area (Å²) in [5, 5.41) is 26.1. The summed E-state index contributed by atoms with van der Waals surface area (Å²) in [6, 6.07) is 27.2. The van der Waals surface area contributed by atoms with Crippen molar-refractivity contribution in [2.24, 2.45) is 0 Å². The van der Waals surface area contributed by atoms with Crippen molar-refractivity contribution in [1.82, 2.24) is 9.97 Å². The molecule has 5 unspecified atom stereocenters.